The lowest BCUT2D eigenvalue weighted by Gasteiger charge is -2.37. The number of carbonyl (C=O) groups excluding carboxylic acids is 2. The molecule has 6 heteroatoms. The summed E-state index contributed by atoms with van der Waals surface area (Å²) in [6.07, 6.45) is 3.48. The molecule has 3 amide bonds. The van der Waals surface area contributed by atoms with Gasteiger partial charge in [0.05, 0.1) is 6.67 Å². The molecule has 3 heterocycles. The quantitative estimate of drug-likeness (QED) is 0.730. The fourth-order valence-electron chi connectivity index (χ4n) is 4.60. The predicted octanol–water partition coefficient (Wildman–Crippen LogP) is 4.18. The lowest BCUT2D eigenvalue weighted by Crippen LogP contribution is -2.46. The molecular weight excluding hydrogens is 370 g/mol. The van der Waals surface area contributed by atoms with Crippen LogP contribution in [0.15, 0.2) is 35.7 Å². The van der Waals surface area contributed by atoms with Crippen molar-refractivity contribution in [2.24, 2.45) is 5.92 Å². The van der Waals surface area contributed by atoms with Gasteiger partial charge in [-0.15, -0.1) is 11.3 Å². The number of thiophene rings is 1. The first kappa shape index (κ1) is 17.9. The Morgan fingerprint density at radius 2 is 1.86 bits per heavy atom. The summed E-state index contributed by atoms with van der Waals surface area (Å²) in [4.78, 5) is 33.1. The van der Waals surface area contributed by atoms with E-state index in [1.807, 2.05) is 49.4 Å². The topological polar surface area (TPSA) is 43.9 Å². The largest absolute Gasteiger partial charge is 0.333 e. The van der Waals surface area contributed by atoms with Gasteiger partial charge in [0.1, 0.15) is 6.04 Å². The molecular formula is C22H25N3O2S. The number of imide groups is 1. The second-order valence-electron chi connectivity index (χ2n) is 8.22. The number of urea groups is 1. The van der Waals surface area contributed by atoms with Crippen molar-refractivity contribution in [2.45, 2.75) is 45.2 Å². The van der Waals surface area contributed by atoms with Crippen molar-refractivity contribution >= 4 is 29.0 Å². The van der Waals surface area contributed by atoms with Crippen molar-refractivity contribution in [1.82, 2.24) is 9.80 Å². The van der Waals surface area contributed by atoms with Crippen LogP contribution in [-0.4, -0.2) is 41.0 Å². The van der Waals surface area contributed by atoms with E-state index in [0.29, 0.717) is 18.6 Å². The Bertz CT molecular complexity index is 918. The van der Waals surface area contributed by atoms with Crippen LogP contribution in [0.1, 0.15) is 41.8 Å². The van der Waals surface area contributed by atoms with Gasteiger partial charge in [0.15, 0.2) is 0 Å². The van der Waals surface area contributed by atoms with Gasteiger partial charge in [0, 0.05) is 23.2 Å². The van der Waals surface area contributed by atoms with Crippen LogP contribution in [0, 0.1) is 12.8 Å². The number of hydrogen-bond acceptors (Lipinski definition) is 4. The van der Waals surface area contributed by atoms with Crippen LogP contribution in [0.2, 0.25) is 0 Å². The highest BCUT2D eigenvalue weighted by molar-refractivity contribution is 7.10. The molecule has 3 aliphatic rings. The molecule has 1 aromatic carbocycles. The van der Waals surface area contributed by atoms with Gasteiger partial charge in [-0.1, -0.05) is 17.7 Å². The third-order valence-electron chi connectivity index (χ3n) is 6.27. The maximum Gasteiger partial charge on any atom is 0.333 e. The van der Waals surface area contributed by atoms with Gasteiger partial charge in [-0.25, -0.2) is 9.69 Å². The molecule has 2 atom stereocenters. The predicted molar refractivity (Wildman–Crippen MR) is 110 cm³/mol. The number of fused-ring (bicyclic) bond motifs is 1. The monoisotopic (exact) mass is 395 g/mol. The van der Waals surface area contributed by atoms with Gasteiger partial charge >= 0.3 is 6.03 Å². The lowest BCUT2D eigenvalue weighted by molar-refractivity contribution is -0.129. The summed E-state index contributed by atoms with van der Waals surface area (Å²) in [6, 6.07) is 9.73. The van der Waals surface area contributed by atoms with Crippen LogP contribution >= 0.6 is 11.3 Å². The zero-order chi connectivity index (χ0) is 19.4. The SMILES string of the molecule is Cc1ccc(N2C(=O)N(CN3CCc4sccc4[C@@H]3C3CC3)C(=O)[C@@H]2C)cc1. The van der Waals surface area contributed by atoms with E-state index in [1.54, 1.807) is 4.90 Å². The van der Waals surface area contributed by atoms with E-state index in [-0.39, 0.29) is 11.9 Å². The van der Waals surface area contributed by atoms with Crippen molar-refractivity contribution in [3.63, 3.8) is 0 Å². The number of amides is 3. The molecule has 1 aliphatic carbocycles. The Kier molecular flexibility index (Phi) is 4.29. The molecule has 0 unspecified atom stereocenters. The normalized spacial score (nSPS) is 25.5. The minimum Gasteiger partial charge on any atom is -0.282 e. The molecule has 1 aromatic heterocycles. The molecule has 1 saturated carbocycles. The summed E-state index contributed by atoms with van der Waals surface area (Å²) in [5.41, 5.74) is 3.34. The number of carbonyl (C=O) groups is 2. The Balaban J connectivity index is 1.40. The first-order valence-corrected chi connectivity index (χ1v) is 10.9. The number of rotatable bonds is 4. The van der Waals surface area contributed by atoms with Crippen molar-refractivity contribution in [3.05, 3.63) is 51.7 Å². The summed E-state index contributed by atoms with van der Waals surface area (Å²) in [6.45, 7) is 5.14. The number of anilines is 1. The minimum absolute atomic E-state index is 0.101. The molecule has 1 saturated heterocycles. The maximum atomic E-state index is 13.2. The summed E-state index contributed by atoms with van der Waals surface area (Å²) in [5, 5.41) is 2.18. The molecule has 0 bridgehead atoms. The lowest BCUT2D eigenvalue weighted by atomic mass is 9.96. The Labute approximate surface area is 169 Å². The molecule has 146 valence electrons. The van der Waals surface area contributed by atoms with Crippen molar-refractivity contribution in [1.29, 1.82) is 0 Å². The standard InChI is InChI=1S/C22H25N3O2S/c1-14-3-7-17(8-4-14)25-15(2)21(26)24(22(25)27)13-23-11-9-19-18(10-12-28-19)20(23)16-5-6-16/h3-4,7-8,10,12,15-16,20H,5-6,9,11,13H2,1-2H3/t15-,20-/m0/s1. The van der Waals surface area contributed by atoms with Gasteiger partial charge in [0.2, 0.25) is 0 Å². The third kappa shape index (κ3) is 2.86. The van der Waals surface area contributed by atoms with Crippen LogP contribution in [0.5, 0.6) is 0 Å². The van der Waals surface area contributed by atoms with E-state index in [9.17, 15) is 9.59 Å². The highest BCUT2D eigenvalue weighted by Crippen LogP contribution is 2.48. The smallest absolute Gasteiger partial charge is 0.282 e. The molecule has 2 fully saturated rings. The Morgan fingerprint density at radius 1 is 1.11 bits per heavy atom. The van der Waals surface area contributed by atoms with Gasteiger partial charge in [0.25, 0.3) is 5.91 Å². The molecule has 0 N–H and O–H groups in total. The minimum atomic E-state index is -0.462. The van der Waals surface area contributed by atoms with E-state index in [0.717, 1.165) is 24.2 Å². The summed E-state index contributed by atoms with van der Waals surface area (Å²) < 4.78 is 0. The molecule has 5 nitrogen and oxygen atoms in total. The fraction of sp³-hybridized carbons (Fsp3) is 0.455. The summed E-state index contributed by atoms with van der Waals surface area (Å²) >= 11 is 1.84. The van der Waals surface area contributed by atoms with Crippen LogP contribution in [0.25, 0.3) is 0 Å². The second-order valence-corrected chi connectivity index (χ2v) is 9.22. The average Bonchev–Trinajstić information content (AvgIpc) is 3.37. The second kappa shape index (κ2) is 6.71. The number of aryl methyl sites for hydroxylation is 1. The van der Waals surface area contributed by atoms with E-state index < -0.39 is 6.04 Å². The van der Waals surface area contributed by atoms with Crippen LogP contribution in [0.4, 0.5) is 10.5 Å². The summed E-state index contributed by atoms with van der Waals surface area (Å²) in [5.74, 6) is 0.559. The number of benzene rings is 1. The first-order valence-electron chi connectivity index (χ1n) is 10.1. The van der Waals surface area contributed by atoms with Gasteiger partial charge in [-0.3, -0.25) is 14.6 Å². The van der Waals surface area contributed by atoms with E-state index >= 15 is 0 Å². The first-order chi connectivity index (χ1) is 13.5. The Morgan fingerprint density at radius 3 is 2.57 bits per heavy atom. The summed E-state index contributed by atoms with van der Waals surface area (Å²) in [7, 11) is 0. The van der Waals surface area contributed by atoms with Crippen molar-refractivity contribution < 1.29 is 9.59 Å². The Hall–Kier alpha value is -2.18. The molecule has 2 aromatic rings. The van der Waals surface area contributed by atoms with Gasteiger partial charge < -0.3 is 0 Å². The highest BCUT2D eigenvalue weighted by atomic mass is 32.1. The van der Waals surface area contributed by atoms with E-state index in [1.165, 1.54) is 28.2 Å². The fourth-order valence-corrected chi connectivity index (χ4v) is 5.51. The number of nitrogens with zero attached hydrogens (tertiary/aromatic N) is 3. The maximum absolute atomic E-state index is 13.2. The van der Waals surface area contributed by atoms with Crippen molar-refractivity contribution in [2.75, 3.05) is 18.1 Å². The van der Waals surface area contributed by atoms with E-state index in [4.69, 9.17) is 0 Å². The van der Waals surface area contributed by atoms with Crippen LogP contribution in [0.3, 0.4) is 0 Å². The molecule has 0 radical (unpaired) electrons. The average molecular weight is 396 g/mol. The zero-order valence-corrected chi connectivity index (χ0v) is 17.1. The molecule has 0 spiro atoms. The third-order valence-corrected chi connectivity index (χ3v) is 7.27. The van der Waals surface area contributed by atoms with E-state index in [2.05, 4.69) is 16.3 Å². The zero-order valence-electron chi connectivity index (χ0n) is 16.3. The van der Waals surface area contributed by atoms with Gasteiger partial charge in [-0.2, -0.15) is 0 Å². The van der Waals surface area contributed by atoms with Crippen LogP contribution in [-0.2, 0) is 11.2 Å². The highest BCUT2D eigenvalue weighted by Gasteiger charge is 2.46. The number of hydrogen-bond donors (Lipinski definition) is 0. The van der Waals surface area contributed by atoms with Crippen molar-refractivity contribution in [3.8, 4) is 0 Å². The van der Waals surface area contributed by atoms with Crippen LogP contribution < -0.4 is 4.90 Å². The molecule has 2 aliphatic heterocycles. The molecule has 5 rings (SSSR count). The van der Waals surface area contributed by atoms with Gasteiger partial charge in [-0.05, 0) is 68.2 Å². The molecule has 28 heavy (non-hydrogen) atoms.